The van der Waals surface area contributed by atoms with Gasteiger partial charge >= 0.3 is 0 Å². The van der Waals surface area contributed by atoms with E-state index >= 15 is 0 Å². The van der Waals surface area contributed by atoms with E-state index in [1.54, 1.807) is 19.2 Å². The molecule has 0 heterocycles. The van der Waals surface area contributed by atoms with Gasteiger partial charge in [0.1, 0.15) is 5.02 Å². The second-order valence-electron chi connectivity index (χ2n) is 2.07. The molecule has 3 N–H and O–H groups in total. The second-order valence-corrected chi connectivity index (χ2v) is 2.91. The van der Waals surface area contributed by atoms with Gasteiger partial charge in [-0.25, -0.2) is 0 Å². The van der Waals surface area contributed by atoms with E-state index in [4.69, 9.17) is 27.9 Å². The number of hydrogen-bond acceptors (Lipinski definition) is 1. The van der Waals surface area contributed by atoms with E-state index < -0.39 is 0 Å². The quantitative estimate of drug-likeness (QED) is 0.650. The molecule has 68 valence electrons. The average Bonchev–Trinajstić information content (AvgIpc) is 1.96. The molecule has 0 saturated carbocycles. The molecule has 0 fully saturated rings. The van der Waals surface area contributed by atoms with Crippen LogP contribution in [0.1, 0.15) is 0 Å². The maximum absolute atomic E-state index is 5.77. The van der Waals surface area contributed by atoms with E-state index in [0.29, 0.717) is 21.5 Å². The number of methoxy groups -OCH3 is 1. The molecule has 0 aromatic heterocycles. The lowest BCUT2D eigenvalue weighted by Gasteiger charge is -2.02. The number of halogens is 3. The van der Waals surface area contributed by atoms with Crippen LogP contribution in [0.4, 0.5) is 5.69 Å². The second kappa shape index (κ2) is 4.77. The van der Waals surface area contributed by atoms with Crippen LogP contribution in [0.15, 0.2) is 12.1 Å². The molecule has 0 aliphatic rings. The summed E-state index contributed by atoms with van der Waals surface area (Å²) in [6, 6.07) is 3.31. The summed E-state index contributed by atoms with van der Waals surface area (Å²) < 4.78 is 4.98. The predicted molar refractivity (Wildman–Crippen MR) is 45.6 cm³/mol. The van der Waals surface area contributed by atoms with Gasteiger partial charge in [-0.1, -0.05) is 23.2 Å². The Bertz CT molecular complexity index is 278. The summed E-state index contributed by atoms with van der Waals surface area (Å²) in [6.07, 6.45) is 0. The monoisotopic (exact) mass is 227 g/mol. The predicted octanol–water partition coefficient (Wildman–Crippen LogP) is -1.12. The van der Waals surface area contributed by atoms with Crippen molar-refractivity contribution in [1.29, 1.82) is 0 Å². The fourth-order valence-electron chi connectivity index (χ4n) is 0.762. The molecule has 1 rings (SSSR count). The normalized spacial score (nSPS) is 9.00. The first-order chi connectivity index (χ1) is 5.15. The molecule has 0 atom stereocenters. The van der Waals surface area contributed by atoms with Gasteiger partial charge in [0.2, 0.25) is 0 Å². The van der Waals surface area contributed by atoms with Gasteiger partial charge in [-0.2, -0.15) is 0 Å². The van der Waals surface area contributed by atoms with Gasteiger partial charge in [0.25, 0.3) is 0 Å². The van der Waals surface area contributed by atoms with Crippen molar-refractivity contribution in [3.63, 3.8) is 0 Å². The summed E-state index contributed by atoms with van der Waals surface area (Å²) in [5, 5.41) is 1.08. The summed E-state index contributed by atoms with van der Waals surface area (Å²) in [7, 11) is 1.55. The molecular formula is C7H8Cl3NO. The minimum atomic E-state index is 0. The van der Waals surface area contributed by atoms with Crippen LogP contribution in [0.3, 0.4) is 0 Å². The summed E-state index contributed by atoms with van der Waals surface area (Å²) in [4.78, 5) is 0. The smallest absolute Gasteiger partial charge is 0.189 e. The van der Waals surface area contributed by atoms with Crippen molar-refractivity contribution in [3.05, 3.63) is 22.2 Å². The van der Waals surface area contributed by atoms with Crippen molar-refractivity contribution in [1.82, 2.24) is 0 Å². The Balaban J connectivity index is 0.00000121. The Morgan fingerprint density at radius 3 is 2.42 bits per heavy atom. The maximum Gasteiger partial charge on any atom is 0.189 e. The van der Waals surface area contributed by atoms with Crippen LogP contribution in [0, 0.1) is 0 Å². The zero-order valence-electron chi connectivity index (χ0n) is 6.40. The molecule has 2 nitrogen and oxygen atoms in total. The summed E-state index contributed by atoms with van der Waals surface area (Å²) in [5.74, 6) is 0.613. The molecule has 5 heteroatoms. The number of rotatable bonds is 1. The Hall–Kier alpha value is -0.150. The molecule has 0 aliphatic carbocycles. The zero-order valence-corrected chi connectivity index (χ0v) is 8.67. The van der Waals surface area contributed by atoms with Gasteiger partial charge in [0.05, 0.1) is 7.11 Å². The lowest BCUT2D eigenvalue weighted by molar-refractivity contribution is -0.256. The third-order valence-corrected chi connectivity index (χ3v) is 1.89. The van der Waals surface area contributed by atoms with Gasteiger partial charge < -0.3 is 22.9 Å². The highest BCUT2D eigenvalue weighted by molar-refractivity contribution is 6.36. The topological polar surface area (TPSA) is 36.9 Å². The number of ether oxygens (including phenoxy) is 1. The van der Waals surface area contributed by atoms with Gasteiger partial charge in [-0.05, 0) is 6.07 Å². The van der Waals surface area contributed by atoms with Crippen molar-refractivity contribution < 1.29 is 22.9 Å². The van der Waals surface area contributed by atoms with Crippen LogP contribution < -0.4 is 22.9 Å². The van der Waals surface area contributed by atoms with Crippen molar-refractivity contribution in [2.75, 3.05) is 7.11 Å². The molecule has 0 aliphatic heterocycles. The van der Waals surface area contributed by atoms with Crippen LogP contribution >= 0.6 is 23.2 Å². The molecule has 0 unspecified atom stereocenters. The Morgan fingerprint density at radius 2 is 1.92 bits per heavy atom. The summed E-state index contributed by atoms with van der Waals surface area (Å²) in [5.41, 5.74) is 4.38. The van der Waals surface area contributed by atoms with Crippen LogP contribution in [-0.2, 0) is 0 Å². The minimum absolute atomic E-state index is 0. The van der Waals surface area contributed by atoms with Crippen LogP contribution in [0.2, 0.25) is 10.0 Å². The van der Waals surface area contributed by atoms with Crippen LogP contribution in [-0.4, -0.2) is 7.11 Å². The molecular weight excluding hydrogens is 220 g/mol. The van der Waals surface area contributed by atoms with Gasteiger partial charge in [0, 0.05) is 11.1 Å². The van der Waals surface area contributed by atoms with Gasteiger partial charge in [-0.15, -0.1) is 0 Å². The average molecular weight is 229 g/mol. The number of hydrogen-bond donors (Lipinski definition) is 1. The third-order valence-electron chi connectivity index (χ3n) is 1.34. The standard InChI is InChI=1S/C7H7Cl2NO.ClH/c1-11-6-3-4(8)2-5(9)7(6)10;/h2-3H,10H2,1H3;1H. The summed E-state index contributed by atoms with van der Waals surface area (Å²) >= 11 is 11.5. The van der Waals surface area contributed by atoms with Crippen molar-refractivity contribution in [2.24, 2.45) is 0 Å². The Kier molecular flexibility index (Phi) is 4.71. The van der Waals surface area contributed by atoms with E-state index in [9.17, 15) is 0 Å². The van der Waals surface area contributed by atoms with Crippen molar-refractivity contribution >= 4 is 28.9 Å². The molecule has 1 aromatic carbocycles. The molecule has 1 aromatic rings. The minimum Gasteiger partial charge on any atom is -1.00 e. The van der Waals surface area contributed by atoms with Crippen molar-refractivity contribution in [2.45, 2.75) is 0 Å². The van der Waals surface area contributed by atoms with E-state index in [-0.39, 0.29) is 12.4 Å². The molecule has 0 bridgehead atoms. The zero-order chi connectivity index (χ0) is 8.43. The summed E-state index contributed by atoms with van der Waals surface area (Å²) in [6.45, 7) is 0. The van der Waals surface area contributed by atoms with E-state index in [1.165, 1.54) is 0 Å². The highest BCUT2D eigenvalue weighted by Crippen LogP contribution is 2.31. The van der Waals surface area contributed by atoms with Gasteiger partial charge in [0.15, 0.2) is 11.4 Å². The lowest BCUT2D eigenvalue weighted by atomic mass is 10.3. The van der Waals surface area contributed by atoms with Crippen LogP contribution in [0.5, 0.6) is 5.75 Å². The third kappa shape index (κ3) is 2.42. The van der Waals surface area contributed by atoms with Gasteiger partial charge in [-0.3, -0.25) is 0 Å². The first-order valence-electron chi connectivity index (χ1n) is 3.00. The highest BCUT2D eigenvalue weighted by atomic mass is 35.5. The van der Waals surface area contributed by atoms with E-state index in [0.717, 1.165) is 0 Å². The first kappa shape index (κ1) is 11.8. The largest absolute Gasteiger partial charge is 1.00 e. The lowest BCUT2D eigenvalue weighted by Crippen LogP contribution is -3.00. The molecule has 0 spiro atoms. The number of benzene rings is 1. The SMILES string of the molecule is COc1cc(Cl)cc(Cl)c1[NH3+].[Cl-]. The number of quaternary nitrogens is 1. The molecule has 0 radical (unpaired) electrons. The van der Waals surface area contributed by atoms with Crippen molar-refractivity contribution in [3.8, 4) is 5.75 Å². The van der Waals surface area contributed by atoms with Crippen LogP contribution in [0.25, 0.3) is 0 Å². The molecule has 0 amide bonds. The fraction of sp³-hybridized carbons (Fsp3) is 0.143. The maximum atomic E-state index is 5.77. The fourth-order valence-corrected chi connectivity index (χ4v) is 1.24. The Morgan fingerprint density at radius 1 is 1.33 bits per heavy atom. The highest BCUT2D eigenvalue weighted by Gasteiger charge is 2.08. The molecule has 0 saturated heterocycles. The molecule has 12 heavy (non-hydrogen) atoms. The Labute approximate surface area is 87.0 Å². The van der Waals surface area contributed by atoms with E-state index in [1.807, 2.05) is 0 Å². The first-order valence-corrected chi connectivity index (χ1v) is 3.75. The van der Waals surface area contributed by atoms with E-state index in [2.05, 4.69) is 5.73 Å².